The molecule has 0 spiro atoms. The Morgan fingerprint density at radius 2 is 1.82 bits per heavy atom. The predicted molar refractivity (Wildman–Crippen MR) is 74.5 cm³/mol. The lowest BCUT2D eigenvalue weighted by Gasteiger charge is -2.08. The average Bonchev–Trinajstić information content (AvgIpc) is 2.51. The quantitative estimate of drug-likeness (QED) is 0.516. The van der Waals surface area contributed by atoms with E-state index < -0.39 is 34.9 Å². The molecule has 1 heterocycles. The number of pyridine rings is 1. The number of hydrogen-bond acceptors (Lipinski definition) is 3. The van der Waals surface area contributed by atoms with Gasteiger partial charge in [-0.3, -0.25) is 4.79 Å². The Morgan fingerprint density at radius 3 is 2.41 bits per heavy atom. The number of carbonyl (C=O) groups excluding carboxylic acids is 1. The van der Waals surface area contributed by atoms with Gasteiger partial charge in [-0.05, 0) is 12.1 Å². The number of aromatic nitrogens is 1. The number of nitrogens with one attached hydrogen (secondary N) is 1. The third kappa shape index (κ3) is 3.97. The molecule has 0 radical (unpaired) electrons. The van der Waals surface area contributed by atoms with E-state index in [1.165, 1.54) is 11.8 Å². The van der Waals surface area contributed by atoms with Crippen molar-refractivity contribution in [3.05, 3.63) is 53.7 Å². The molecular formula is C14H10F4N2OS. The topological polar surface area (TPSA) is 42.0 Å². The van der Waals surface area contributed by atoms with Gasteiger partial charge in [-0.15, -0.1) is 11.8 Å². The van der Waals surface area contributed by atoms with Crippen LogP contribution in [0.3, 0.4) is 0 Å². The number of thioether (sulfide) groups is 1. The highest BCUT2D eigenvalue weighted by atomic mass is 32.2. The minimum atomic E-state index is -1.63. The molecule has 0 atom stereocenters. The molecule has 0 saturated heterocycles. The maximum atomic E-state index is 13.4. The van der Waals surface area contributed by atoms with E-state index in [9.17, 15) is 22.4 Å². The lowest BCUT2D eigenvalue weighted by Crippen LogP contribution is -2.16. The summed E-state index contributed by atoms with van der Waals surface area (Å²) in [5, 5.41) is 2.53. The highest BCUT2D eigenvalue weighted by molar-refractivity contribution is 7.99. The van der Waals surface area contributed by atoms with Gasteiger partial charge < -0.3 is 5.32 Å². The molecule has 1 aromatic carbocycles. The summed E-state index contributed by atoms with van der Waals surface area (Å²) in [6.07, 6.45) is 1.49. The first-order valence-corrected chi connectivity index (χ1v) is 7.14. The molecule has 2 rings (SSSR count). The Bertz CT molecular complexity index is 656. The number of benzene rings is 1. The van der Waals surface area contributed by atoms with Crippen molar-refractivity contribution in [1.82, 2.24) is 4.98 Å². The third-order valence-corrected chi connectivity index (χ3v) is 3.54. The van der Waals surface area contributed by atoms with Gasteiger partial charge in [-0.25, -0.2) is 22.5 Å². The van der Waals surface area contributed by atoms with Gasteiger partial charge in [0.25, 0.3) is 0 Å². The van der Waals surface area contributed by atoms with Gasteiger partial charge in [0.1, 0.15) is 5.69 Å². The first kappa shape index (κ1) is 16.3. The molecular weight excluding hydrogens is 320 g/mol. The number of amides is 1. The smallest absolute Gasteiger partial charge is 0.225 e. The molecule has 8 heteroatoms. The number of nitrogens with zero attached hydrogens (tertiary/aromatic N) is 1. The third-order valence-electron chi connectivity index (χ3n) is 2.59. The number of hydrogen-bond donors (Lipinski definition) is 1. The molecule has 116 valence electrons. The van der Waals surface area contributed by atoms with Gasteiger partial charge >= 0.3 is 0 Å². The number of anilines is 1. The summed E-state index contributed by atoms with van der Waals surface area (Å²) in [5.41, 5.74) is -1.12. The average molecular weight is 330 g/mol. The van der Waals surface area contributed by atoms with Crippen LogP contribution in [0.2, 0.25) is 0 Å². The predicted octanol–water partition coefficient (Wildman–Crippen LogP) is 3.76. The monoisotopic (exact) mass is 330 g/mol. The first-order valence-electron chi connectivity index (χ1n) is 6.15. The number of rotatable bonds is 5. The fraction of sp³-hybridized carbons (Fsp3) is 0.143. The van der Waals surface area contributed by atoms with Crippen molar-refractivity contribution in [3.8, 4) is 0 Å². The molecule has 1 N–H and O–H groups in total. The molecule has 0 bridgehead atoms. The van der Waals surface area contributed by atoms with Crippen molar-refractivity contribution in [2.75, 3.05) is 11.1 Å². The summed E-state index contributed by atoms with van der Waals surface area (Å²) >= 11 is 1.27. The zero-order valence-electron chi connectivity index (χ0n) is 11.1. The van der Waals surface area contributed by atoms with Gasteiger partial charge in [-0.2, -0.15) is 0 Å². The van der Waals surface area contributed by atoms with Crippen LogP contribution in [0.5, 0.6) is 0 Å². The summed E-state index contributed by atoms with van der Waals surface area (Å²) in [6.45, 7) is 0. The normalized spacial score (nSPS) is 10.5. The van der Waals surface area contributed by atoms with Crippen molar-refractivity contribution < 1.29 is 22.4 Å². The molecule has 1 amide bonds. The van der Waals surface area contributed by atoms with Crippen LogP contribution in [0.25, 0.3) is 0 Å². The Balaban J connectivity index is 1.95. The molecule has 0 aliphatic rings. The van der Waals surface area contributed by atoms with E-state index in [4.69, 9.17) is 0 Å². The lowest BCUT2D eigenvalue weighted by molar-refractivity contribution is -0.115. The van der Waals surface area contributed by atoms with Crippen molar-refractivity contribution in [2.45, 2.75) is 11.4 Å². The molecule has 22 heavy (non-hydrogen) atoms. The Morgan fingerprint density at radius 1 is 1.14 bits per heavy atom. The molecule has 0 aliphatic carbocycles. The Hall–Kier alpha value is -2.09. The van der Waals surface area contributed by atoms with Crippen molar-refractivity contribution in [2.24, 2.45) is 0 Å². The molecule has 0 unspecified atom stereocenters. The van der Waals surface area contributed by atoms with Gasteiger partial charge in [0, 0.05) is 24.4 Å². The lowest BCUT2D eigenvalue weighted by atomic mass is 10.2. The highest BCUT2D eigenvalue weighted by Crippen LogP contribution is 2.24. The van der Waals surface area contributed by atoms with Crippen LogP contribution in [-0.2, 0) is 4.79 Å². The first-order chi connectivity index (χ1) is 10.5. The van der Waals surface area contributed by atoms with E-state index in [0.717, 1.165) is 0 Å². The van der Waals surface area contributed by atoms with Crippen LogP contribution in [0.4, 0.5) is 23.2 Å². The van der Waals surface area contributed by atoms with E-state index in [1.54, 1.807) is 24.4 Å². The van der Waals surface area contributed by atoms with Gasteiger partial charge in [-0.1, -0.05) is 6.07 Å². The van der Waals surface area contributed by atoms with E-state index in [0.29, 0.717) is 10.8 Å². The number of halogens is 4. The van der Waals surface area contributed by atoms with Gasteiger partial charge in [0.05, 0.1) is 5.03 Å². The SMILES string of the molecule is O=C(CCSc1ccccn1)Nc1c(F)c(F)cc(F)c1F. The zero-order valence-corrected chi connectivity index (χ0v) is 11.9. The zero-order chi connectivity index (χ0) is 16.1. The van der Waals surface area contributed by atoms with E-state index in [-0.39, 0.29) is 12.5 Å². The summed E-state index contributed by atoms with van der Waals surface area (Å²) in [4.78, 5) is 15.6. The summed E-state index contributed by atoms with van der Waals surface area (Å²) in [6, 6.07) is 5.33. The maximum Gasteiger partial charge on any atom is 0.225 e. The van der Waals surface area contributed by atoms with Crippen LogP contribution in [0, 0.1) is 23.3 Å². The van der Waals surface area contributed by atoms with Crippen molar-refractivity contribution in [1.29, 1.82) is 0 Å². The maximum absolute atomic E-state index is 13.4. The second-order valence-electron chi connectivity index (χ2n) is 4.16. The van der Waals surface area contributed by atoms with E-state index >= 15 is 0 Å². The van der Waals surface area contributed by atoms with Crippen LogP contribution in [0.1, 0.15) is 6.42 Å². The second-order valence-corrected chi connectivity index (χ2v) is 5.27. The molecule has 0 fully saturated rings. The van der Waals surface area contributed by atoms with Crippen molar-refractivity contribution in [3.63, 3.8) is 0 Å². The Labute approximate surface area is 127 Å². The van der Waals surface area contributed by atoms with Crippen molar-refractivity contribution >= 4 is 23.4 Å². The van der Waals surface area contributed by atoms with E-state index in [1.807, 2.05) is 5.32 Å². The fourth-order valence-corrected chi connectivity index (χ4v) is 2.37. The Kier molecular flexibility index (Phi) is 5.37. The van der Waals surface area contributed by atoms with Crippen LogP contribution in [-0.4, -0.2) is 16.6 Å². The number of carbonyl (C=O) groups is 1. The molecule has 1 aromatic heterocycles. The van der Waals surface area contributed by atoms with Crippen LogP contribution >= 0.6 is 11.8 Å². The molecule has 2 aromatic rings. The van der Waals surface area contributed by atoms with Crippen LogP contribution < -0.4 is 5.32 Å². The summed E-state index contributed by atoms with van der Waals surface area (Å²) < 4.78 is 52.8. The largest absolute Gasteiger partial charge is 0.321 e. The standard InChI is InChI=1S/C14H10F4N2OS/c15-8-7-9(16)13(18)14(12(8)17)20-10(21)4-6-22-11-3-1-2-5-19-11/h1-3,5,7H,4,6H2,(H,20,21). The van der Waals surface area contributed by atoms with Gasteiger partial charge in [0.15, 0.2) is 23.3 Å². The fourth-order valence-electron chi connectivity index (χ4n) is 1.57. The minimum Gasteiger partial charge on any atom is -0.321 e. The summed E-state index contributed by atoms with van der Waals surface area (Å²) in [5.74, 6) is -6.88. The van der Waals surface area contributed by atoms with Crippen LogP contribution in [0.15, 0.2) is 35.5 Å². The van der Waals surface area contributed by atoms with E-state index in [2.05, 4.69) is 4.98 Å². The minimum absolute atomic E-state index is 0.0806. The van der Waals surface area contributed by atoms with Gasteiger partial charge in [0.2, 0.25) is 5.91 Å². The second kappa shape index (κ2) is 7.26. The summed E-state index contributed by atoms with van der Waals surface area (Å²) in [7, 11) is 0. The molecule has 3 nitrogen and oxygen atoms in total. The highest BCUT2D eigenvalue weighted by Gasteiger charge is 2.20. The molecule has 0 saturated carbocycles. The molecule has 0 aliphatic heterocycles.